The molecule has 29 heavy (non-hydrogen) atoms. The predicted octanol–water partition coefficient (Wildman–Crippen LogP) is 3.76. The molecule has 0 aliphatic carbocycles. The van der Waals surface area contributed by atoms with E-state index in [0.717, 1.165) is 5.56 Å². The molecule has 0 bridgehead atoms. The van der Waals surface area contributed by atoms with Crippen LogP contribution < -0.4 is 14.8 Å². The zero-order valence-electron chi connectivity index (χ0n) is 16.5. The predicted molar refractivity (Wildman–Crippen MR) is 105 cm³/mol. The van der Waals surface area contributed by atoms with Gasteiger partial charge in [-0.25, -0.2) is 9.18 Å². The second-order valence-electron chi connectivity index (χ2n) is 6.86. The molecule has 0 radical (unpaired) electrons. The van der Waals surface area contributed by atoms with E-state index in [4.69, 9.17) is 9.47 Å². The first-order valence-corrected chi connectivity index (χ1v) is 9.14. The molecule has 8 heteroatoms. The van der Waals surface area contributed by atoms with Crippen molar-refractivity contribution in [1.82, 2.24) is 4.90 Å². The molecule has 154 valence electrons. The fourth-order valence-electron chi connectivity index (χ4n) is 3.52. The number of hydrogen-bond acceptors (Lipinski definition) is 4. The molecular formula is C21H23FN2O5. The highest BCUT2D eigenvalue weighted by molar-refractivity contribution is 5.90. The normalized spacial score (nSPS) is 15.4. The smallest absolute Gasteiger partial charge is 0.322 e. The van der Waals surface area contributed by atoms with Crippen LogP contribution in [0, 0.1) is 12.7 Å². The summed E-state index contributed by atoms with van der Waals surface area (Å²) < 4.78 is 24.5. The number of anilines is 1. The van der Waals surface area contributed by atoms with Crippen LogP contribution in [0.15, 0.2) is 30.3 Å². The third-order valence-corrected chi connectivity index (χ3v) is 5.05. The molecule has 2 aromatic rings. The summed E-state index contributed by atoms with van der Waals surface area (Å²) in [6, 6.07) is 6.77. The Kier molecular flexibility index (Phi) is 5.91. The van der Waals surface area contributed by atoms with Crippen LogP contribution in [0.4, 0.5) is 14.9 Å². The zero-order valence-corrected chi connectivity index (χ0v) is 16.5. The third-order valence-electron chi connectivity index (χ3n) is 5.05. The monoisotopic (exact) mass is 402 g/mol. The van der Waals surface area contributed by atoms with Gasteiger partial charge >= 0.3 is 12.0 Å². The van der Waals surface area contributed by atoms with Crippen molar-refractivity contribution in [2.45, 2.75) is 25.8 Å². The van der Waals surface area contributed by atoms with E-state index in [1.807, 2.05) is 6.07 Å². The lowest BCUT2D eigenvalue weighted by Crippen LogP contribution is -2.43. The summed E-state index contributed by atoms with van der Waals surface area (Å²) in [5.41, 5.74) is 2.38. The van der Waals surface area contributed by atoms with Gasteiger partial charge in [-0.2, -0.15) is 0 Å². The number of methoxy groups -OCH3 is 2. The van der Waals surface area contributed by atoms with E-state index >= 15 is 0 Å². The zero-order chi connectivity index (χ0) is 21.1. The maximum Gasteiger partial charge on any atom is 0.322 e. The van der Waals surface area contributed by atoms with Gasteiger partial charge < -0.3 is 24.8 Å². The number of hydrogen-bond donors (Lipinski definition) is 2. The summed E-state index contributed by atoms with van der Waals surface area (Å²) in [4.78, 5) is 25.8. The number of nitrogens with one attached hydrogen (secondary N) is 1. The standard InChI is InChI=1S/C21H23FN2O5/c1-12-4-5-14(9-16(12)22)23-21(27)24-7-6-13-8-18(28-2)19(29-3)10-15(13)17(24)11-20(25)26/h4-5,8-10,17H,6-7,11H2,1-3H3,(H,23,27)(H,25,26)/t17-/m1/s1. The second-order valence-corrected chi connectivity index (χ2v) is 6.86. The highest BCUT2D eigenvalue weighted by Crippen LogP contribution is 2.39. The van der Waals surface area contributed by atoms with Crippen molar-refractivity contribution in [2.75, 3.05) is 26.1 Å². The average molecular weight is 402 g/mol. The molecule has 1 atom stereocenters. The first-order chi connectivity index (χ1) is 13.8. The Balaban J connectivity index is 1.93. The Labute approximate surface area is 168 Å². The number of aliphatic carboxylic acids is 1. The molecule has 0 spiro atoms. The summed E-state index contributed by atoms with van der Waals surface area (Å²) in [6.07, 6.45) is 0.264. The summed E-state index contributed by atoms with van der Waals surface area (Å²) >= 11 is 0. The maximum absolute atomic E-state index is 13.8. The van der Waals surface area contributed by atoms with E-state index < -0.39 is 23.9 Å². The van der Waals surface area contributed by atoms with Crippen molar-refractivity contribution < 1.29 is 28.6 Å². The van der Waals surface area contributed by atoms with Gasteiger partial charge in [-0.15, -0.1) is 0 Å². The number of halogens is 1. The molecule has 0 aromatic heterocycles. The number of aryl methyl sites for hydroxylation is 1. The number of carbonyl (C=O) groups excluding carboxylic acids is 1. The van der Waals surface area contributed by atoms with Gasteiger partial charge in [-0.1, -0.05) is 6.07 Å². The van der Waals surface area contributed by atoms with Crippen LogP contribution in [-0.2, 0) is 11.2 Å². The summed E-state index contributed by atoms with van der Waals surface area (Å²) in [6.45, 7) is 1.95. The largest absolute Gasteiger partial charge is 0.493 e. The quantitative estimate of drug-likeness (QED) is 0.795. The van der Waals surface area contributed by atoms with Crippen molar-refractivity contribution in [1.29, 1.82) is 0 Å². The fourth-order valence-corrected chi connectivity index (χ4v) is 3.52. The number of nitrogens with zero attached hydrogens (tertiary/aromatic N) is 1. The molecule has 2 amide bonds. The van der Waals surface area contributed by atoms with E-state index in [1.54, 1.807) is 25.1 Å². The minimum Gasteiger partial charge on any atom is -0.493 e. The first-order valence-electron chi connectivity index (χ1n) is 9.14. The van der Waals surface area contributed by atoms with Gasteiger partial charge in [-0.3, -0.25) is 4.79 Å². The molecule has 0 saturated heterocycles. The lowest BCUT2D eigenvalue weighted by atomic mass is 9.90. The molecule has 3 rings (SSSR count). The van der Waals surface area contributed by atoms with Gasteiger partial charge in [0.2, 0.25) is 0 Å². The molecule has 1 aliphatic rings. The number of rotatable bonds is 5. The number of urea groups is 1. The van der Waals surface area contributed by atoms with Crippen LogP contribution >= 0.6 is 0 Å². The molecule has 0 fully saturated rings. The Hall–Kier alpha value is -3.29. The van der Waals surface area contributed by atoms with Crippen molar-refractivity contribution in [3.05, 3.63) is 52.8 Å². The number of carboxylic acid groups (broad SMARTS) is 1. The van der Waals surface area contributed by atoms with Gasteiger partial charge in [0.05, 0.1) is 26.7 Å². The average Bonchev–Trinajstić information content (AvgIpc) is 2.69. The molecular weight excluding hydrogens is 379 g/mol. The van der Waals surface area contributed by atoms with E-state index in [9.17, 15) is 19.1 Å². The highest BCUT2D eigenvalue weighted by atomic mass is 19.1. The molecule has 1 heterocycles. The Morgan fingerprint density at radius 2 is 1.90 bits per heavy atom. The molecule has 1 aliphatic heterocycles. The van der Waals surface area contributed by atoms with Gasteiger partial charge in [0, 0.05) is 12.2 Å². The Morgan fingerprint density at radius 1 is 1.21 bits per heavy atom. The van der Waals surface area contributed by atoms with Gasteiger partial charge in [0.1, 0.15) is 5.82 Å². The lowest BCUT2D eigenvalue weighted by Gasteiger charge is -2.37. The minimum atomic E-state index is -1.03. The van der Waals surface area contributed by atoms with Crippen LogP contribution in [0.25, 0.3) is 0 Å². The van der Waals surface area contributed by atoms with Crippen molar-refractivity contribution in [3.8, 4) is 11.5 Å². The third kappa shape index (κ3) is 4.26. The molecule has 2 N–H and O–H groups in total. The molecule has 2 aromatic carbocycles. The van der Waals surface area contributed by atoms with E-state index in [2.05, 4.69) is 5.32 Å². The Bertz CT molecular complexity index is 947. The first kappa shape index (κ1) is 20.4. The Morgan fingerprint density at radius 3 is 2.52 bits per heavy atom. The van der Waals surface area contributed by atoms with E-state index in [-0.39, 0.29) is 6.42 Å². The lowest BCUT2D eigenvalue weighted by molar-refractivity contribution is -0.138. The van der Waals surface area contributed by atoms with Gasteiger partial charge in [0.25, 0.3) is 0 Å². The fraction of sp³-hybridized carbons (Fsp3) is 0.333. The van der Waals surface area contributed by atoms with Crippen molar-refractivity contribution >= 4 is 17.7 Å². The van der Waals surface area contributed by atoms with Crippen LogP contribution in [0.3, 0.4) is 0 Å². The van der Waals surface area contributed by atoms with E-state index in [0.29, 0.717) is 41.3 Å². The van der Waals surface area contributed by atoms with Crippen LogP contribution in [-0.4, -0.2) is 42.8 Å². The van der Waals surface area contributed by atoms with E-state index in [1.165, 1.54) is 25.2 Å². The number of ether oxygens (including phenoxy) is 2. The number of carbonyl (C=O) groups is 2. The minimum absolute atomic E-state index is 0.266. The maximum atomic E-state index is 13.8. The number of carboxylic acids is 1. The second kappa shape index (κ2) is 8.38. The summed E-state index contributed by atoms with van der Waals surface area (Å²) in [5.74, 6) is -0.444. The van der Waals surface area contributed by atoms with Crippen LogP contribution in [0.5, 0.6) is 11.5 Å². The van der Waals surface area contributed by atoms with Crippen LogP contribution in [0.2, 0.25) is 0 Å². The number of benzene rings is 2. The van der Waals surface area contributed by atoms with Gasteiger partial charge in [-0.05, 0) is 54.3 Å². The molecule has 7 nitrogen and oxygen atoms in total. The summed E-state index contributed by atoms with van der Waals surface area (Å²) in [7, 11) is 3.03. The molecule has 0 unspecified atom stereocenters. The van der Waals surface area contributed by atoms with Gasteiger partial charge in [0.15, 0.2) is 11.5 Å². The number of amides is 2. The number of fused-ring (bicyclic) bond motifs is 1. The highest BCUT2D eigenvalue weighted by Gasteiger charge is 2.33. The van der Waals surface area contributed by atoms with Crippen LogP contribution in [0.1, 0.15) is 29.2 Å². The topological polar surface area (TPSA) is 88.1 Å². The molecule has 0 saturated carbocycles. The van der Waals surface area contributed by atoms with Crippen molar-refractivity contribution in [2.24, 2.45) is 0 Å². The summed E-state index contributed by atoms with van der Waals surface area (Å²) in [5, 5.41) is 12.1. The SMILES string of the molecule is COc1cc2c(cc1OC)[C@@H](CC(=O)O)N(C(=O)Nc1ccc(C)c(F)c1)CC2. The van der Waals surface area contributed by atoms with Crippen molar-refractivity contribution in [3.63, 3.8) is 0 Å².